The zero-order chi connectivity index (χ0) is 42.0. The van der Waals surface area contributed by atoms with E-state index in [1.807, 2.05) is 0 Å². The Morgan fingerprint density at radius 2 is 0.930 bits per heavy atom. The second-order valence-corrected chi connectivity index (χ2v) is 17.7. The van der Waals surface area contributed by atoms with Crippen LogP contribution in [0.3, 0.4) is 0 Å². The molecule has 0 aromatic carbocycles. The van der Waals surface area contributed by atoms with Crippen LogP contribution >= 0.6 is 0 Å². The summed E-state index contributed by atoms with van der Waals surface area (Å²) >= 11 is 0. The van der Waals surface area contributed by atoms with Gasteiger partial charge in [-0.05, 0) is 88.6 Å². The van der Waals surface area contributed by atoms with Gasteiger partial charge >= 0.3 is 11.9 Å². The lowest BCUT2D eigenvalue weighted by Crippen LogP contribution is -2.34. The van der Waals surface area contributed by atoms with Crippen molar-refractivity contribution in [2.75, 3.05) is 39.5 Å². The first-order chi connectivity index (χ1) is 27.8. The average Bonchev–Trinajstić information content (AvgIpc) is 3.20. The van der Waals surface area contributed by atoms with E-state index in [1.165, 1.54) is 122 Å². The Bertz CT molecular complexity index is 855. The third kappa shape index (κ3) is 36.4. The van der Waals surface area contributed by atoms with E-state index in [9.17, 15) is 19.8 Å². The predicted molar refractivity (Wildman–Crippen MR) is 243 cm³/mol. The minimum absolute atomic E-state index is 0.0465. The van der Waals surface area contributed by atoms with Gasteiger partial charge in [-0.3, -0.25) is 9.59 Å². The van der Waals surface area contributed by atoms with Crippen LogP contribution in [0.5, 0.6) is 0 Å². The molecule has 0 aliphatic rings. The normalized spacial score (nSPS) is 13.8. The van der Waals surface area contributed by atoms with E-state index in [2.05, 4.69) is 39.5 Å². The van der Waals surface area contributed by atoms with Gasteiger partial charge in [0.2, 0.25) is 0 Å². The molecule has 0 amide bonds. The summed E-state index contributed by atoms with van der Waals surface area (Å²) in [6, 6.07) is 0. The Labute approximate surface area is 355 Å². The molecule has 0 aliphatic heterocycles. The Morgan fingerprint density at radius 3 is 1.54 bits per heavy atom. The number of hydrogen-bond acceptors (Lipinski definition) is 7. The van der Waals surface area contributed by atoms with E-state index in [1.54, 1.807) is 0 Å². The molecule has 0 rings (SSSR count). The molecule has 4 unspecified atom stereocenters. The van der Waals surface area contributed by atoms with Crippen molar-refractivity contribution in [3.63, 3.8) is 0 Å². The Morgan fingerprint density at radius 1 is 0.474 bits per heavy atom. The summed E-state index contributed by atoms with van der Waals surface area (Å²) in [6.07, 6.45) is 36.1. The second-order valence-electron chi connectivity index (χ2n) is 17.7. The average molecular weight is 810 g/mol. The topological polar surface area (TPSA) is 96.3 Å². The lowest BCUT2D eigenvalue weighted by molar-refractivity contribution is -0.145. The minimum atomic E-state index is -0.412. The standard InChI is InChI=1S/C50H99NO6/c1-6-11-15-17-22-31-45(30-21-13-8-3)37-42-56-50(55)36-26-25-34-48(53)44-51(40-28-20-29-41-52)39-27-19-18-24-35-49(54)57-43-38-46(10-5)47(32-14-9-4)33-23-16-12-7-2/h45-48,52-53H,6-44H2,1-5H3. The SMILES string of the molecule is CCCCCCCC(CCCCC)CCOC(=O)CCCCC(O)CN(CCCCCO)CCCCCCC(=O)OCCC(CC)C(CCCC)CCCCCC. The molecular weight excluding hydrogens is 711 g/mol. The largest absolute Gasteiger partial charge is 0.466 e. The molecular formula is C50H99NO6. The van der Waals surface area contributed by atoms with Crippen LogP contribution in [0.2, 0.25) is 0 Å². The monoisotopic (exact) mass is 810 g/mol. The molecule has 0 saturated carbocycles. The summed E-state index contributed by atoms with van der Waals surface area (Å²) in [5, 5.41) is 20.1. The van der Waals surface area contributed by atoms with Crippen LogP contribution in [0.15, 0.2) is 0 Å². The molecule has 7 nitrogen and oxygen atoms in total. The maximum atomic E-state index is 12.5. The fourth-order valence-corrected chi connectivity index (χ4v) is 8.56. The number of rotatable bonds is 45. The highest BCUT2D eigenvalue weighted by atomic mass is 16.5. The number of aliphatic hydroxyl groups excluding tert-OH is 2. The van der Waals surface area contributed by atoms with Crippen molar-refractivity contribution in [1.82, 2.24) is 4.90 Å². The molecule has 340 valence electrons. The third-order valence-corrected chi connectivity index (χ3v) is 12.4. The van der Waals surface area contributed by atoms with Gasteiger partial charge in [-0.25, -0.2) is 0 Å². The van der Waals surface area contributed by atoms with E-state index >= 15 is 0 Å². The fraction of sp³-hybridized carbons (Fsp3) is 0.960. The van der Waals surface area contributed by atoms with Gasteiger partial charge in [0.25, 0.3) is 0 Å². The summed E-state index contributed by atoms with van der Waals surface area (Å²) < 4.78 is 11.4. The van der Waals surface area contributed by atoms with E-state index in [4.69, 9.17) is 9.47 Å². The number of ether oxygens (including phenoxy) is 2. The summed E-state index contributed by atoms with van der Waals surface area (Å²) in [7, 11) is 0. The summed E-state index contributed by atoms with van der Waals surface area (Å²) in [5.74, 6) is 1.95. The molecule has 57 heavy (non-hydrogen) atoms. The van der Waals surface area contributed by atoms with Crippen molar-refractivity contribution in [2.45, 2.75) is 253 Å². The molecule has 0 spiro atoms. The molecule has 0 radical (unpaired) electrons. The molecule has 4 atom stereocenters. The number of carbonyl (C=O) groups is 2. The molecule has 0 saturated heterocycles. The fourth-order valence-electron chi connectivity index (χ4n) is 8.56. The highest BCUT2D eigenvalue weighted by molar-refractivity contribution is 5.69. The number of nitrogens with zero attached hydrogens (tertiary/aromatic N) is 1. The predicted octanol–water partition coefficient (Wildman–Crippen LogP) is 13.5. The van der Waals surface area contributed by atoms with Gasteiger partial charge in [0.1, 0.15) is 0 Å². The quantitative estimate of drug-likeness (QED) is 0.0467. The van der Waals surface area contributed by atoms with Gasteiger partial charge in [-0.1, -0.05) is 176 Å². The van der Waals surface area contributed by atoms with Gasteiger partial charge < -0.3 is 24.6 Å². The van der Waals surface area contributed by atoms with E-state index in [0.29, 0.717) is 50.9 Å². The Hall–Kier alpha value is -1.18. The van der Waals surface area contributed by atoms with Gasteiger partial charge in [0, 0.05) is 26.0 Å². The summed E-state index contributed by atoms with van der Waals surface area (Å²) in [5.41, 5.74) is 0. The maximum absolute atomic E-state index is 12.5. The molecule has 0 heterocycles. The van der Waals surface area contributed by atoms with Crippen LogP contribution in [0.1, 0.15) is 247 Å². The van der Waals surface area contributed by atoms with Crippen molar-refractivity contribution in [3.8, 4) is 0 Å². The lowest BCUT2D eigenvalue weighted by atomic mass is 9.80. The second kappa shape index (κ2) is 42.9. The highest BCUT2D eigenvalue weighted by Gasteiger charge is 2.20. The first kappa shape index (κ1) is 55.8. The highest BCUT2D eigenvalue weighted by Crippen LogP contribution is 2.30. The van der Waals surface area contributed by atoms with Crippen LogP contribution in [0, 0.1) is 17.8 Å². The number of carbonyl (C=O) groups excluding carboxylic acids is 2. The Kier molecular flexibility index (Phi) is 42.0. The minimum Gasteiger partial charge on any atom is -0.466 e. The zero-order valence-electron chi connectivity index (χ0n) is 38.9. The molecule has 0 fully saturated rings. The van der Waals surface area contributed by atoms with Gasteiger partial charge in [-0.2, -0.15) is 0 Å². The van der Waals surface area contributed by atoms with Crippen molar-refractivity contribution in [1.29, 1.82) is 0 Å². The van der Waals surface area contributed by atoms with Crippen LogP contribution in [0.4, 0.5) is 0 Å². The summed E-state index contributed by atoms with van der Waals surface area (Å²) in [6.45, 7) is 15.2. The van der Waals surface area contributed by atoms with Crippen LogP contribution in [0.25, 0.3) is 0 Å². The molecule has 0 aromatic heterocycles. The van der Waals surface area contributed by atoms with E-state index in [0.717, 1.165) is 89.6 Å². The molecule has 0 aliphatic carbocycles. The number of hydrogen-bond donors (Lipinski definition) is 2. The van der Waals surface area contributed by atoms with Crippen molar-refractivity contribution in [2.24, 2.45) is 17.8 Å². The van der Waals surface area contributed by atoms with Crippen molar-refractivity contribution < 1.29 is 29.3 Å². The lowest BCUT2D eigenvalue weighted by Gasteiger charge is -2.26. The number of aliphatic hydroxyl groups is 2. The molecule has 7 heteroatoms. The molecule has 0 bridgehead atoms. The Balaban J connectivity index is 4.42. The third-order valence-electron chi connectivity index (χ3n) is 12.4. The smallest absolute Gasteiger partial charge is 0.305 e. The van der Waals surface area contributed by atoms with Gasteiger partial charge in [0.05, 0.1) is 19.3 Å². The van der Waals surface area contributed by atoms with Crippen molar-refractivity contribution >= 4 is 11.9 Å². The number of esters is 2. The molecule has 2 N–H and O–H groups in total. The van der Waals surface area contributed by atoms with E-state index < -0.39 is 6.10 Å². The first-order valence-electron chi connectivity index (χ1n) is 25.2. The van der Waals surface area contributed by atoms with E-state index in [-0.39, 0.29) is 18.5 Å². The van der Waals surface area contributed by atoms with Crippen molar-refractivity contribution in [3.05, 3.63) is 0 Å². The first-order valence-corrected chi connectivity index (χ1v) is 25.2. The summed E-state index contributed by atoms with van der Waals surface area (Å²) in [4.78, 5) is 27.4. The van der Waals surface area contributed by atoms with Crippen LogP contribution in [-0.4, -0.2) is 72.6 Å². The maximum Gasteiger partial charge on any atom is 0.305 e. The van der Waals surface area contributed by atoms with Gasteiger partial charge in [-0.15, -0.1) is 0 Å². The van der Waals surface area contributed by atoms with Crippen LogP contribution in [-0.2, 0) is 19.1 Å². The molecule has 0 aromatic rings. The van der Waals surface area contributed by atoms with Gasteiger partial charge in [0.15, 0.2) is 0 Å². The number of unbranched alkanes of at least 4 members (excludes halogenated alkanes) is 16. The van der Waals surface area contributed by atoms with Crippen LogP contribution < -0.4 is 0 Å². The zero-order valence-corrected chi connectivity index (χ0v) is 38.9.